The lowest BCUT2D eigenvalue weighted by atomic mass is 9.94. The number of hydrogen-bond acceptors (Lipinski definition) is 16. The summed E-state index contributed by atoms with van der Waals surface area (Å²) in [5.74, 6) is -1.31. The van der Waals surface area contributed by atoms with Crippen LogP contribution in [0, 0.1) is 17.8 Å². The van der Waals surface area contributed by atoms with Crippen LogP contribution in [-0.2, 0) is 69.1 Å². The van der Waals surface area contributed by atoms with Gasteiger partial charge in [0.25, 0.3) is 11.8 Å². The summed E-state index contributed by atoms with van der Waals surface area (Å²) >= 11 is 17.7. The molecule has 6 aromatic rings. The number of nitrogens with one attached hydrogen (secondary N) is 6. The Bertz CT molecular complexity index is 4720. The van der Waals surface area contributed by atoms with Gasteiger partial charge in [-0.2, -0.15) is 39.5 Å². The number of carboxylic acids is 1. The molecular formula is C86H108Cl3F9N12O12S2. The van der Waals surface area contributed by atoms with Gasteiger partial charge < -0.3 is 70.8 Å². The first kappa shape index (κ1) is 99.1. The molecular weight excluding hydrogens is 1730 g/mol. The van der Waals surface area contributed by atoms with Gasteiger partial charge in [-0.1, -0.05) is 113 Å². The molecule has 0 saturated carbocycles. The Labute approximate surface area is 736 Å². The average Bonchev–Trinajstić information content (AvgIpc) is 1.46. The van der Waals surface area contributed by atoms with Crippen LogP contribution in [0.15, 0.2) is 127 Å². The van der Waals surface area contributed by atoms with Crippen LogP contribution in [-0.4, -0.2) is 166 Å². The summed E-state index contributed by atoms with van der Waals surface area (Å²) in [7, 11) is -2.91. The van der Waals surface area contributed by atoms with Gasteiger partial charge in [-0.25, -0.2) is 37.0 Å². The van der Waals surface area contributed by atoms with Crippen LogP contribution in [0.3, 0.4) is 0 Å². The van der Waals surface area contributed by atoms with Gasteiger partial charge in [0.1, 0.15) is 18.1 Å². The molecule has 0 aliphatic carbocycles. The second-order valence-electron chi connectivity index (χ2n) is 34.1. The van der Waals surface area contributed by atoms with E-state index >= 15 is 0 Å². The Morgan fingerprint density at radius 2 is 0.726 bits per heavy atom. The molecule has 0 bridgehead atoms. The Morgan fingerprint density at radius 3 is 1.02 bits per heavy atom. The molecule has 124 heavy (non-hydrogen) atoms. The fraction of sp³-hybridized carbons (Fsp3) is 0.512. The number of amides is 5. The monoisotopic (exact) mass is 1840 g/mol. The number of rotatable bonds is 22. The highest BCUT2D eigenvalue weighted by molar-refractivity contribution is 7.84. The number of nitrogens with zero attached hydrogens (tertiary/aromatic N) is 5. The van der Waals surface area contributed by atoms with E-state index in [4.69, 9.17) is 55.1 Å². The van der Waals surface area contributed by atoms with Crippen LogP contribution in [0.2, 0.25) is 15.1 Å². The van der Waals surface area contributed by atoms with Gasteiger partial charge in [-0.3, -0.25) is 9.59 Å². The number of hydrogen-bond donors (Lipinski definition) is 8. The highest BCUT2D eigenvalue weighted by atomic mass is 35.5. The number of cyclic esters (lactones) is 3. The number of benzene rings is 6. The van der Waals surface area contributed by atoms with Crippen molar-refractivity contribution >= 4 is 110 Å². The zero-order valence-electron chi connectivity index (χ0n) is 70.8. The summed E-state index contributed by atoms with van der Waals surface area (Å²) in [4.78, 5) is 82.0. The number of alkyl carbamates (subject to hydrolysis) is 3. The molecule has 680 valence electrons. The van der Waals surface area contributed by atoms with Crippen molar-refractivity contribution in [1.82, 2.24) is 40.5 Å². The first-order chi connectivity index (χ1) is 57.9. The Kier molecular flexibility index (Phi) is 33.8. The van der Waals surface area contributed by atoms with Crippen molar-refractivity contribution in [2.45, 2.75) is 185 Å². The largest absolute Gasteiger partial charge is 0.478 e. The summed E-state index contributed by atoms with van der Waals surface area (Å²) in [5, 5.41) is 21.5. The molecule has 6 fully saturated rings. The number of carbonyl (C=O) groups excluding carboxylic acids is 5. The lowest BCUT2D eigenvalue weighted by molar-refractivity contribution is -0.146. The fourth-order valence-corrected chi connectivity index (χ4v) is 16.9. The Hall–Kier alpha value is -8.68. The second kappa shape index (κ2) is 42.3. The highest BCUT2D eigenvalue weighted by Crippen LogP contribution is 2.43. The van der Waals surface area contributed by atoms with E-state index in [1.54, 1.807) is 109 Å². The van der Waals surface area contributed by atoms with Crippen LogP contribution in [0.5, 0.6) is 0 Å². The molecule has 0 radical (unpaired) electrons. The Morgan fingerprint density at radius 1 is 0.444 bits per heavy atom. The highest BCUT2D eigenvalue weighted by Gasteiger charge is 2.47. The Balaban J connectivity index is 0.000000196. The molecule has 6 heterocycles. The molecule has 2 unspecified atom stereocenters. The van der Waals surface area contributed by atoms with E-state index in [1.165, 1.54) is 18.2 Å². The zero-order chi connectivity index (χ0) is 91.4. The molecule has 24 nitrogen and oxygen atoms in total. The smallest absolute Gasteiger partial charge is 0.416 e. The van der Waals surface area contributed by atoms with E-state index in [0.717, 1.165) is 62.2 Å². The third kappa shape index (κ3) is 26.9. The molecule has 9 N–H and O–H groups in total. The molecule has 5 amide bonds. The number of ether oxygens (including phenoxy) is 3. The predicted octanol–water partition coefficient (Wildman–Crippen LogP) is 16.7. The first-order valence-corrected chi connectivity index (χ1v) is 44.1. The topological polar surface area (TPSA) is 299 Å². The standard InChI is InChI=1S/C30H38ClF3N4O4S.C26H30ClF3N4O3.C20H32F3N3OS.C10H8ClNO4/c1-18(2)16-23(36-43(41)29(3,4)5)22-17-20(30(32,33)34)8-11-24(22)37-12-14-38(15-13-37)27(39)26-25(35-28(40)42-26)19-6-9-21(31)10-7-19;1-15(2)13-20(31)19-14-17(26(28,29)30)5-8-21(19)33-9-11-34(12-10-33)24(35)23-22(32-25(36)37-23)16-3-6-18(27)7-4-16;1-14(2)12-17(25-28(27)19(3,4)5)16-13-15(20(21,22)23)6-7-18(16)26-10-8-24-9-11-26;11-6-3-1-5(2-4-6)7-8(9(13)14)16-10(15)12-7/h6-11,17-18,23,25-26,36H,12-16H2,1-5H3,(H,35,40);3-8,14-15,20,22-23H,9-13,31H2,1-2H3,(H,32,36);6-7,13-14,17,24-25H,8-12H2,1-5H3;1-4,7-8H,(H,12,15)(H,13,14)/t23-,25-,26+,43?;20-,22-,23+;17-,28?;7-,8+/m0001/s1. The molecule has 6 saturated heterocycles. The number of piperazine rings is 3. The third-order valence-corrected chi connectivity index (χ3v) is 25.1. The predicted molar refractivity (Wildman–Crippen MR) is 460 cm³/mol. The molecule has 6 aromatic carbocycles. The summed E-state index contributed by atoms with van der Waals surface area (Å²) < 4.78 is 168. The number of aliphatic carboxylic acids is 1. The average molecular weight is 1840 g/mol. The third-order valence-electron chi connectivity index (χ3n) is 21.1. The zero-order valence-corrected chi connectivity index (χ0v) is 74.7. The number of nitrogens with two attached hydrogens (primary N) is 1. The lowest BCUT2D eigenvalue weighted by Gasteiger charge is -2.39. The van der Waals surface area contributed by atoms with Crippen LogP contribution in [0.4, 0.5) is 71.0 Å². The van der Waals surface area contributed by atoms with E-state index < -0.39 is 145 Å². The van der Waals surface area contributed by atoms with E-state index in [-0.39, 0.29) is 42.7 Å². The van der Waals surface area contributed by atoms with Crippen molar-refractivity contribution in [2.24, 2.45) is 23.5 Å². The van der Waals surface area contributed by atoms with Gasteiger partial charge in [0.15, 0.2) is 0 Å². The van der Waals surface area contributed by atoms with Crippen LogP contribution < -0.4 is 51.1 Å². The molecule has 6 aliphatic heterocycles. The van der Waals surface area contributed by atoms with Gasteiger partial charge in [-0.15, -0.1) is 0 Å². The first-order valence-electron chi connectivity index (χ1n) is 40.6. The molecule has 0 spiro atoms. The normalized spacial score (nSPS) is 20.8. The summed E-state index contributed by atoms with van der Waals surface area (Å²) in [5.41, 5.74) is 9.64. The number of alkyl halides is 9. The van der Waals surface area contributed by atoms with Gasteiger partial charge in [0.05, 0.1) is 48.2 Å². The van der Waals surface area contributed by atoms with Crippen molar-refractivity contribution in [1.29, 1.82) is 0 Å². The molecule has 11 atom stereocenters. The minimum atomic E-state index is -4.54. The van der Waals surface area contributed by atoms with Gasteiger partial charge in [0.2, 0.25) is 18.3 Å². The van der Waals surface area contributed by atoms with Crippen LogP contribution in [0.1, 0.15) is 189 Å². The minimum absolute atomic E-state index is 0.114. The second-order valence-corrected chi connectivity index (χ2v) is 39.4. The summed E-state index contributed by atoms with van der Waals surface area (Å²) in [6.45, 7) is 28.6. The molecule has 0 aromatic heterocycles. The number of carbonyl (C=O) groups is 6. The maximum Gasteiger partial charge on any atom is 0.416 e. The van der Waals surface area contributed by atoms with E-state index in [2.05, 4.69) is 40.3 Å². The van der Waals surface area contributed by atoms with Crippen molar-refractivity contribution in [3.05, 3.63) is 193 Å². The molecule has 6 aliphatic rings. The van der Waals surface area contributed by atoms with E-state index in [0.29, 0.717) is 118 Å². The molecule has 38 heteroatoms. The maximum absolute atomic E-state index is 13.8. The van der Waals surface area contributed by atoms with Crippen molar-refractivity contribution in [3.63, 3.8) is 0 Å². The number of carboxylic acid groups (broad SMARTS) is 1. The van der Waals surface area contributed by atoms with Gasteiger partial charge in [0, 0.05) is 129 Å². The van der Waals surface area contributed by atoms with Crippen molar-refractivity contribution in [2.75, 3.05) is 93.2 Å². The van der Waals surface area contributed by atoms with E-state index in [9.17, 15) is 76.7 Å². The van der Waals surface area contributed by atoms with Crippen LogP contribution in [0.25, 0.3) is 0 Å². The van der Waals surface area contributed by atoms with Gasteiger partial charge >= 0.3 is 42.8 Å². The van der Waals surface area contributed by atoms with Crippen molar-refractivity contribution < 1.29 is 96.0 Å². The fourth-order valence-electron chi connectivity index (χ4n) is 14.8. The van der Waals surface area contributed by atoms with E-state index in [1.807, 2.05) is 72.1 Å². The SMILES string of the molecule is CC(C)C[C@H](N)c1cc(C(F)(F)F)ccc1N1CCN(C(=O)[C@@H]2OC(=O)N[C@H]2c2ccc(Cl)cc2)CC1.CC(C)C[C@H](NS(=O)C(C)(C)C)c1cc(C(F)(F)F)ccc1N1CCN(C(=O)[C@@H]2OC(=O)N[C@H]2c2ccc(Cl)cc2)CC1.CC(C)C[C@H](NS(=O)C(C)(C)C)c1cc(C(F)(F)F)ccc1N1CCNCC1.O=C1N[C@H](c2ccc(Cl)cc2)[C@@H](C(=O)O)O1. The lowest BCUT2D eigenvalue weighted by Crippen LogP contribution is -2.52. The number of halogens is 12. The summed E-state index contributed by atoms with van der Waals surface area (Å²) in [6.07, 6.45) is -17.2. The maximum atomic E-state index is 13.8. The minimum Gasteiger partial charge on any atom is -0.478 e. The summed E-state index contributed by atoms with van der Waals surface area (Å²) in [6, 6.07) is 27.9. The quantitative estimate of drug-likeness (QED) is 0.0231. The van der Waals surface area contributed by atoms with Gasteiger partial charge in [-0.05, 0) is 203 Å². The van der Waals surface area contributed by atoms with Crippen LogP contribution >= 0.6 is 34.8 Å². The molecule has 12 rings (SSSR count). The number of anilines is 3. The van der Waals surface area contributed by atoms with Crippen molar-refractivity contribution in [3.8, 4) is 0 Å².